The summed E-state index contributed by atoms with van der Waals surface area (Å²) in [6.45, 7) is 3.61. The van der Waals surface area contributed by atoms with Crippen LogP contribution in [0.5, 0.6) is 0 Å². The largest absolute Gasteiger partial charge is 0.479 e. The number of carboxylic acid groups (broad SMARTS) is 1. The number of ether oxygens (including phenoxy) is 6. The number of unbranched alkanes of at least 4 members (excludes halogenated alkanes) is 1. The minimum atomic E-state index is -1.72. The number of aliphatic hydroxyl groups is 5. The van der Waals surface area contributed by atoms with E-state index in [0.29, 0.717) is 19.5 Å². The Kier molecular flexibility index (Phi) is 17.9. The summed E-state index contributed by atoms with van der Waals surface area (Å²) in [4.78, 5) is 51.7. The highest BCUT2D eigenvalue weighted by atomic mass is 16.7. The van der Waals surface area contributed by atoms with Crippen LogP contribution in [0.25, 0.3) is 10.9 Å². The number of aliphatic hydroxyl groups excluding tert-OH is 5. The van der Waals surface area contributed by atoms with Crippen LogP contribution in [0.3, 0.4) is 0 Å². The van der Waals surface area contributed by atoms with E-state index in [1.807, 2.05) is 16.8 Å². The molecule has 0 spiro atoms. The van der Waals surface area contributed by atoms with Crippen molar-refractivity contribution in [1.82, 2.24) is 19.6 Å². The number of nitro groups is 1. The Labute approximate surface area is 420 Å². The maximum atomic E-state index is 14.2. The van der Waals surface area contributed by atoms with Crippen LogP contribution in [0.1, 0.15) is 88.4 Å². The fraction of sp³-hybridized carbons (Fsp3) is 0.620. The lowest BCUT2D eigenvalue weighted by atomic mass is 9.77. The molecule has 2 aromatic heterocycles. The number of aliphatic carboxylic acids is 1. The van der Waals surface area contributed by atoms with Crippen molar-refractivity contribution in [2.45, 2.75) is 171 Å². The summed E-state index contributed by atoms with van der Waals surface area (Å²) in [6.07, 6.45) is -9.47. The lowest BCUT2D eigenvalue weighted by Crippen LogP contribution is -2.64. The molecular formula is C50H66N6O17. The molecule has 2 aliphatic heterocycles. The molecule has 15 atom stereocenters. The average Bonchev–Trinajstić information content (AvgIpc) is 4.02. The highest BCUT2D eigenvalue weighted by Gasteiger charge is 2.54. The lowest BCUT2D eigenvalue weighted by Gasteiger charge is -2.48. The number of carboxylic acids is 1. The van der Waals surface area contributed by atoms with E-state index in [9.17, 15) is 55.1 Å². The molecule has 4 aliphatic rings. The highest BCUT2D eigenvalue weighted by Crippen LogP contribution is 2.40. The van der Waals surface area contributed by atoms with E-state index >= 15 is 0 Å². The van der Waals surface area contributed by atoms with Gasteiger partial charge < -0.3 is 68.9 Å². The van der Waals surface area contributed by atoms with Crippen LogP contribution in [0.4, 0.5) is 11.5 Å². The number of carbonyl (C=O) groups is 3. The van der Waals surface area contributed by atoms with Crippen molar-refractivity contribution in [3.63, 3.8) is 0 Å². The minimum Gasteiger partial charge on any atom is -0.479 e. The number of carbonyl (C=O) groups excluding carboxylic acids is 2. The normalized spacial score (nSPS) is 31.4. The van der Waals surface area contributed by atoms with Crippen LogP contribution in [-0.4, -0.2) is 159 Å². The Hall–Kier alpha value is -5.47. The van der Waals surface area contributed by atoms with Crippen molar-refractivity contribution in [3.05, 3.63) is 82.7 Å². The molecule has 2 saturated heterocycles. The second-order valence-corrected chi connectivity index (χ2v) is 19.8. The molecule has 398 valence electrons. The van der Waals surface area contributed by atoms with E-state index in [2.05, 4.69) is 15.6 Å². The predicted molar refractivity (Wildman–Crippen MR) is 255 cm³/mol. The molecule has 0 unspecified atom stereocenters. The smallest absolute Gasteiger partial charge is 0.338 e. The fourth-order valence-electron chi connectivity index (χ4n) is 10.6. The van der Waals surface area contributed by atoms with Gasteiger partial charge in [-0.25, -0.2) is 9.59 Å². The molecule has 4 fully saturated rings. The molecule has 0 radical (unpaired) electrons. The highest BCUT2D eigenvalue weighted by molar-refractivity contribution is 5.91. The number of non-ortho nitro benzene ring substituents is 1. The molecule has 2 aromatic carbocycles. The van der Waals surface area contributed by atoms with Crippen LogP contribution >= 0.6 is 0 Å². The van der Waals surface area contributed by atoms with Crippen molar-refractivity contribution in [2.24, 2.45) is 17.8 Å². The van der Waals surface area contributed by atoms with E-state index in [1.165, 1.54) is 31.2 Å². The van der Waals surface area contributed by atoms with Gasteiger partial charge in [0.05, 0.1) is 41.6 Å². The van der Waals surface area contributed by atoms with Gasteiger partial charge in [-0.1, -0.05) is 62.4 Å². The molecule has 7 N–H and O–H groups in total. The van der Waals surface area contributed by atoms with Crippen LogP contribution < -0.4 is 5.32 Å². The first-order chi connectivity index (χ1) is 35.1. The first kappa shape index (κ1) is 53.8. The summed E-state index contributed by atoms with van der Waals surface area (Å²) in [5.41, 5.74) is 1.01. The number of fused-ring (bicyclic) bond motifs is 1. The predicted octanol–water partition coefficient (Wildman–Crippen LogP) is 3.32. The van der Waals surface area contributed by atoms with Crippen molar-refractivity contribution < 1.29 is 78.4 Å². The van der Waals surface area contributed by atoms with Crippen molar-refractivity contribution in [3.8, 4) is 0 Å². The summed E-state index contributed by atoms with van der Waals surface area (Å²) in [5, 5.41) is 88.1. The zero-order valence-corrected chi connectivity index (χ0v) is 40.7. The van der Waals surface area contributed by atoms with E-state index in [0.717, 1.165) is 49.4 Å². The maximum absolute atomic E-state index is 14.2. The number of nitrogens with one attached hydrogen (secondary N) is 1. The second kappa shape index (κ2) is 24.3. The SMILES string of the molecule is C[C@@H]1O[C@@H](O[C@@H]2[C@@H](C)C[C@@H](C(=O)Nc3cn(CCCCn4ccc5cc([N+](=O)[O-])ccc54)nn3)C[C@H]2O[C@@H]2O[C@H](CO)[C@H](O)[C@H](O[C@@H](CC3CCCCC3)C(=O)O)[C@H]2OC(=O)c2ccccc2)[C@@H](O)[C@H](O)[C@@H]1O. The van der Waals surface area contributed by atoms with E-state index in [1.54, 1.807) is 42.1 Å². The quantitative estimate of drug-likeness (QED) is 0.0289. The monoisotopic (exact) mass is 1020 g/mol. The van der Waals surface area contributed by atoms with Gasteiger partial charge >= 0.3 is 11.9 Å². The third kappa shape index (κ3) is 12.9. The number of anilines is 1. The summed E-state index contributed by atoms with van der Waals surface area (Å²) >= 11 is 0. The number of rotatable bonds is 20. The summed E-state index contributed by atoms with van der Waals surface area (Å²) in [5.74, 6) is -3.82. The average molecular weight is 1020 g/mol. The van der Waals surface area contributed by atoms with Gasteiger partial charge in [0.1, 0.15) is 36.6 Å². The van der Waals surface area contributed by atoms with Gasteiger partial charge in [-0.3, -0.25) is 19.6 Å². The molecular weight excluding hydrogens is 957 g/mol. The summed E-state index contributed by atoms with van der Waals surface area (Å²) in [6, 6.07) is 14.5. The number of nitrogens with zero attached hydrogens (tertiary/aromatic N) is 5. The summed E-state index contributed by atoms with van der Waals surface area (Å²) in [7, 11) is 0. The Bertz CT molecular complexity index is 2490. The number of hydrogen-bond donors (Lipinski definition) is 7. The standard InChI is InChI=1S/C50H66N6O17/c1-27-21-32(46(62)51-38-25-55(53-52-38)19-10-9-18-54-20-17-31-23-33(56(66)67)15-16-34(31)54)24-35(43(27)73-49-42(61)41(60)39(58)28(2)68-49)70-50-45(72-48(65)30-13-7-4-8-14-30)44(40(59)37(26-57)71-50)69-36(47(63)64)22-29-11-5-3-6-12-29/h4,7-8,13-17,20,23,25,27-29,32,35-37,39-45,49-50,57-61H,3,5-6,9-12,18-19,21-22,24,26H2,1-2H3,(H,51,62)(H,63,64)/t27-,28-,32+,35+,36-,37+,39+,40-,41+,42-,43+,44-,45+,49-,50+/m0/s1. The van der Waals surface area contributed by atoms with E-state index in [4.69, 9.17) is 28.4 Å². The van der Waals surface area contributed by atoms with Crippen LogP contribution in [-0.2, 0) is 51.1 Å². The Balaban J connectivity index is 1.01. The lowest BCUT2D eigenvalue weighted by molar-refractivity contribution is -0.384. The van der Waals surface area contributed by atoms with Gasteiger partial charge in [0, 0.05) is 48.2 Å². The molecule has 0 bridgehead atoms. The van der Waals surface area contributed by atoms with Gasteiger partial charge in [-0.05, 0) is 75.1 Å². The molecule has 8 rings (SSSR count). The van der Waals surface area contributed by atoms with Crippen LogP contribution in [0.2, 0.25) is 0 Å². The molecule has 4 heterocycles. The minimum absolute atomic E-state index is 0.0197. The third-order valence-electron chi connectivity index (χ3n) is 14.6. The van der Waals surface area contributed by atoms with E-state index < -0.39 is 121 Å². The number of aryl methyl sites for hydroxylation is 2. The van der Waals surface area contributed by atoms with Crippen LogP contribution in [0.15, 0.2) is 67.0 Å². The second-order valence-electron chi connectivity index (χ2n) is 19.8. The third-order valence-corrected chi connectivity index (χ3v) is 14.6. The first-order valence-electron chi connectivity index (χ1n) is 25.1. The summed E-state index contributed by atoms with van der Waals surface area (Å²) < 4.78 is 41.0. The van der Waals surface area contributed by atoms with Gasteiger partial charge in [0.15, 0.2) is 30.6 Å². The topological polar surface area (TPSA) is 319 Å². The zero-order valence-electron chi connectivity index (χ0n) is 40.7. The fourth-order valence-corrected chi connectivity index (χ4v) is 10.6. The van der Waals surface area contributed by atoms with Crippen molar-refractivity contribution in [1.29, 1.82) is 0 Å². The molecule has 2 aliphatic carbocycles. The van der Waals surface area contributed by atoms with Gasteiger partial charge in [-0.15, -0.1) is 5.10 Å². The Morgan fingerprint density at radius 3 is 2.36 bits per heavy atom. The number of aromatic nitrogens is 4. The molecule has 1 amide bonds. The molecule has 23 nitrogen and oxygen atoms in total. The molecule has 2 saturated carbocycles. The Morgan fingerprint density at radius 1 is 0.877 bits per heavy atom. The maximum Gasteiger partial charge on any atom is 0.338 e. The number of amides is 1. The number of benzene rings is 2. The zero-order chi connectivity index (χ0) is 51.9. The molecule has 73 heavy (non-hydrogen) atoms. The number of esters is 1. The molecule has 4 aromatic rings. The number of nitro benzene ring substituents is 1. The van der Waals surface area contributed by atoms with Crippen molar-refractivity contribution in [2.75, 3.05) is 11.9 Å². The van der Waals surface area contributed by atoms with Crippen LogP contribution in [0, 0.1) is 27.9 Å². The van der Waals surface area contributed by atoms with Gasteiger partial charge in [0.25, 0.3) is 5.69 Å². The number of hydrogen-bond acceptors (Lipinski definition) is 18. The van der Waals surface area contributed by atoms with Gasteiger partial charge in [-0.2, -0.15) is 0 Å². The Morgan fingerprint density at radius 2 is 1.63 bits per heavy atom. The molecule has 23 heteroatoms. The van der Waals surface area contributed by atoms with E-state index in [-0.39, 0.29) is 42.2 Å². The first-order valence-corrected chi connectivity index (χ1v) is 25.1. The van der Waals surface area contributed by atoms with Crippen molar-refractivity contribution >= 4 is 40.3 Å². The van der Waals surface area contributed by atoms with Gasteiger partial charge in [0.2, 0.25) is 5.91 Å².